The van der Waals surface area contributed by atoms with Crippen molar-refractivity contribution in [3.8, 4) is 0 Å². The van der Waals surface area contributed by atoms with Crippen LogP contribution >= 0.6 is 0 Å². The van der Waals surface area contributed by atoms with Gasteiger partial charge in [0.15, 0.2) is 0 Å². The van der Waals surface area contributed by atoms with Gasteiger partial charge in [0.1, 0.15) is 0 Å². The lowest BCUT2D eigenvalue weighted by Crippen LogP contribution is -2.03. The lowest BCUT2D eigenvalue weighted by atomic mass is 10.1. The van der Waals surface area contributed by atoms with E-state index in [1.165, 1.54) is 12.0 Å². The highest BCUT2D eigenvalue weighted by Crippen LogP contribution is 2.47. The molecule has 0 saturated heterocycles. The Balaban J connectivity index is 1.97. The summed E-state index contributed by atoms with van der Waals surface area (Å²) in [5.74, 6) is 6.35. The van der Waals surface area contributed by atoms with Crippen LogP contribution in [-0.2, 0) is 4.84 Å². The van der Waals surface area contributed by atoms with E-state index in [2.05, 4.69) is 29.1 Å². The summed E-state index contributed by atoms with van der Waals surface area (Å²) in [6, 6.07) is 10.5. The molecular formula is C10H13NO. The maximum absolute atomic E-state index is 5.01. The number of rotatable bonds is 3. The van der Waals surface area contributed by atoms with E-state index in [1.807, 2.05) is 6.07 Å². The average molecular weight is 163 g/mol. The van der Waals surface area contributed by atoms with Gasteiger partial charge in [-0.1, -0.05) is 30.3 Å². The van der Waals surface area contributed by atoms with E-state index in [4.69, 9.17) is 5.90 Å². The Morgan fingerprint density at radius 1 is 1.33 bits per heavy atom. The monoisotopic (exact) mass is 163 g/mol. The highest BCUT2D eigenvalue weighted by atomic mass is 16.6. The highest BCUT2D eigenvalue weighted by molar-refractivity contribution is 5.25. The van der Waals surface area contributed by atoms with Crippen molar-refractivity contribution in [2.75, 3.05) is 6.61 Å². The molecule has 2 unspecified atom stereocenters. The lowest BCUT2D eigenvalue weighted by molar-refractivity contribution is 0.126. The third kappa shape index (κ3) is 1.49. The van der Waals surface area contributed by atoms with E-state index >= 15 is 0 Å². The Morgan fingerprint density at radius 3 is 2.75 bits per heavy atom. The van der Waals surface area contributed by atoms with E-state index in [9.17, 15) is 0 Å². The summed E-state index contributed by atoms with van der Waals surface area (Å²) in [7, 11) is 0. The van der Waals surface area contributed by atoms with Crippen LogP contribution in [0.1, 0.15) is 17.9 Å². The van der Waals surface area contributed by atoms with E-state index in [0.29, 0.717) is 18.4 Å². The third-order valence-corrected chi connectivity index (χ3v) is 2.46. The van der Waals surface area contributed by atoms with E-state index in [-0.39, 0.29) is 0 Å². The predicted molar refractivity (Wildman–Crippen MR) is 47.4 cm³/mol. The first-order valence-corrected chi connectivity index (χ1v) is 4.28. The number of benzene rings is 1. The van der Waals surface area contributed by atoms with Gasteiger partial charge in [-0.2, -0.15) is 0 Å². The van der Waals surface area contributed by atoms with Gasteiger partial charge in [0.05, 0.1) is 6.61 Å². The fourth-order valence-corrected chi connectivity index (χ4v) is 1.66. The first-order chi connectivity index (χ1) is 5.92. The average Bonchev–Trinajstić information content (AvgIpc) is 2.87. The Labute approximate surface area is 72.3 Å². The van der Waals surface area contributed by atoms with Gasteiger partial charge < -0.3 is 4.84 Å². The van der Waals surface area contributed by atoms with Gasteiger partial charge in [-0.15, -0.1) is 0 Å². The van der Waals surface area contributed by atoms with Crippen LogP contribution in [0.15, 0.2) is 30.3 Å². The molecule has 1 aliphatic rings. The van der Waals surface area contributed by atoms with E-state index < -0.39 is 0 Å². The molecule has 2 rings (SSSR count). The fraction of sp³-hybridized carbons (Fsp3) is 0.400. The molecule has 1 aromatic rings. The number of hydrogen-bond donors (Lipinski definition) is 1. The van der Waals surface area contributed by atoms with E-state index in [1.54, 1.807) is 0 Å². The molecule has 1 aliphatic carbocycles. The summed E-state index contributed by atoms with van der Waals surface area (Å²) < 4.78 is 0. The van der Waals surface area contributed by atoms with Gasteiger partial charge in [0, 0.05) is 0 Å². The van der Waals surface area contributed by atoms with Crippen molar-refractivity contribution < 1.29 is 4.84 Å². The van der Waals surface area contributed by atoms with Crippen LogP contribution in [0.5, 0.6) is 0 Å². The zero-order valence-corrected chi connectivity index (χ0v) is 6.94. The molecule has 0 heterocycles. The maximum atomic E-state index is 5.01. The maximum Gasteiger partial charge on any atom is 0.0713 e. The minimum absolute atomic E-state index is 0.650. The molecule has 2 nitrogen and oxygen atoms in total. The van der Waals surface area contributed by atoms with Crippen molar-refractivity contribution in [1.82, 2.24) is 0 Å². The van der Waals surface area contributed by atoms with Crippen molar-refractivity contribution in [2.24, 2.45) is 11.8 Å². The summed E-state index contributed by atoms with van der Waals surface area (Å²) >= 11 is 0. The molecule has 0 amide bonds. The third-order valence-electron chi connectivity index (χ3n) is 2.46. The normalized spacial score (nSPS) is 27.1. The molecule has 2 heteroatoms. The molecule has 64 valence electrons. The summed E-state index contributed by atoms with van der Waals surface area (Å²) in [4.78, 5) is 4.62. The largest absolute Gasteiger partial charge is 0.304 e. The molecule has 1 saturated carbocycles. The molecule has 0 radical (unpaired) electrons. The summed E-state index contributed by atoms with van der Waals surface area (Å²) in [6.45, 7) is 0.694. The van der Waals surface area contributed by atoms with Crippen LogP contribution in [0.4, 0.5) is 0 Å². The highest BCUT2D eigenvalue weighted by Gasteiger charge is 2.37. The molecule has 1 fully saturated rings. The summed E-state index contributed by atoms with van der Waals surface area (Å²) in [5, 5.41) is 0. The predicted octanol–water partition coefficient (Wildman–Crippen LogP) is 1.68. The Bertz CT molecular complexity index is 247. The van der Waals surface area contributed by atoms with Crippen LogP contribution in [0.25, 0.3) is 0 Å². The van der Waals surface area contributed by atoms with Crippen molar-refractivity contribution >= 4 is 0 Å². The standard InChI is InChI=1S/C10H13NO/c11-12-7-9-6-10(9)8-4-2-1-3-5-8/h1-5,9-10H,6-7,11H2. The second-order valence-corrected chi connectivity index (χ2v) is 3.35. The van der Waals surface area contributed by atoms with Crippen LogP contribution in [-0.4, -0.2) is 6.61 Å². The van der Waals surface area contributed by atoms with Crippen LogP contribution < -0.4 is 5.90 Å². The molecule has 0 bridgehead atoms. The first-order valence-electron chi connectivity index (χ1n) is 4.28. The molecule has 0 aliphatic heterocycles. The van der Waals surface area contributed by atoms with Crippen LogP contribution in [0.2, 0.25) is 0 Å². The molecule has 2 atom stereocenters. The van der Waals surface area contributed by atoms with Gasteiger partial charge >= 0.3 is 0 Å². The van der Waals surface area contributed by atoms with Crippen LogP contribution in [0, 0.1) is 5.92 Å². The molecule has 1 aromatic carbocycles. The van der Waals surface area contributed by atoms with Crippen molar-refractivity contribution in [2.45, 2.75) is 12.3 Å². The second kappa shape index (κ2) is 3.25. The number of hydrogen-bond acceptors (Lipinski definition) is 2. The SMILES string of the molecule is NOCC1CC1c1ccccc1. The molecule has 0 aromatic heterocycles. The van der Waals surface area contributed by atoms with E-state index in [0.717, 1.165) is 0 Å². The summed E-state index contributed by atoms with van der Waals surface area (Å²) in [6.07, 6.45) is 1.22. The molecule has 0 spiro atoms. The minimum atomic E-state index is 0.650. The zero-order valence-electron chi connectivity index (χ0n) is 6.94. The van der Waals surface area contributed by atoms with Crippen molar-refractivity contribution in [3.63, 3.8) is 0 Å². The quantitative estimate of drug-likeness (QED) is 0.688. The molecule has 2 N–H and O–H groups in total. The topological polar surface area (TPSA) is 35.2 Å². The molecular weight excluding hydrogens is 150 g/mol. The molecule has 12 heavy (non-hydrogen) atoms. The lowest BCUT2D eigenvalue weighted by Gasteiger charge is -1.98. The smallest absolute Gasteiger partial charge is 0.0713 e. The second-order valence-electron chi connectivity index (χ2n) is 3.35. The van der Waals surface area contributed by atoms with Gasteiger partial charge in [0.2, 0.25) is 0 Å². The Hall–Kier alpha value is -0.860. The number of nitrogens with two attached hydrogens (primary N) is 1. The van der Waals surface area contributed by atoms with Gasteiger partial charge in [-0.25, -0.2) is 5.90 Å². The van der Waals surface area contributed by atoms with Gasteiger partial charge in [-0.05, 0) is 23.8 Å². The van der Waals surface area contributed by atoms with Gasteiger partial charge in [-0.3, -0.25) is 0 Å². The van der Waals surface area contributed by atoms with Gasteiger partial charge in [0.25, 0.3) is 0 Å². The zero-order chi connectivity index (χ0) is 8.39. The minimum Gasteiger partial charge on any atom is -0.304 e. The van der Waals surface area contributed by atoms with Crippen molar-refractivity contribution in [1.29, 1.82) is 0 Å². The Morgan fingerprint density at radius 2 is 2.08 bits per heavy atom. The fourth-order valence-electron chi connectivity index (χ4n) is 1.66. The van der Waals surface area contributed by atoms with Crippen LogP contribution in [0.3, 0.4) is 0 Å². The first kappa shape index (κ1) is 7.77. The van der Waals surface area contributed by atoms with Crippen molar-refractivity contribution in [3.05, 3.63) is 35.9 Å². The Kier molecular flexibility index (Phi) is 2.11. The summed E-state index contributed by atoms with van der Waals surface area (Å²) in [5.41, 5.74) is 1.42.